The Morgan fingerprint density at radius 1 is 1.10 bits per heavy atom. The first-order chi connectivity index (χ1) is 14.0. The van der Waals surface area contributed by atoms with Crippen LogP contribution in [-0.2, 0) is 16.0 Å². The molecule has 0 aliphatic heterocycles. The van der Waals surface area contributed by atoms with Gasteiger partial charge in [-0.05, 0) is 59.9 Å². The summed E-state index contributed by atoms with van der Waals surface area (Å²) >= 11 is 0. The molecule has 150 valence electrons. The zero-order valence-corrected chi connectivity index (χ0v) is 15.9. The topological polar surface area (TPSA) is 59.4 Å². The Balaban J connectivity index is 2.00. The first-order valence-corrected chi connectivity index (χ1v) is 9.30. The van der Waals surface area contributed by atoms with E-state index < -0.39 is 6.43 Å². The summed E-state index contributed by atoms with van der Waals surface area (Å²) in [5.74, 6) is -0.296. The lowest BCUT2D eigenvalue weighted by Crippen LogP contribution is -2.05. The molecular weight excluding hydrogens is 376 g/mol. The number of benzene rings is 2. The summed E-state index contributed by atoms with van der Waals surface area (Å²) in [7, 11) is 0. The number of carbonyl (C=O) groups excluding carboxylic acids is 1. The molecule has 29 heavy (non-hydrogen) atoms. The van der Waals surface area contributed by atoms with Gasteiger partial charge in [0.2, 0.25) is 0 Å². The predicted molar refractivity (Wildman–Crippen MR) is 107 cm³/mol. The molecule has 0 spiro atoms. The van der Waals surface area contributed by atoms with Gasteiger partial charge in [0.05, 0.1) is 6.61 Å². The minimum absolute atomic E-state index is 0.0497. The quantitative estimate of drug-likeness (QED) is 0.531. The number of phenols is 1. The fourth-order valence-electron chi connectivity index (χ4n) is 3.23. The standard InChI is InChI=1S/C23H21F2NO3/c1-2-29-22(28)10-6-15-12-18(27)7-9-19(15)16-5-8-20(21(13-16)23(24)25)17-4-3-11-26-14-17/h3-5,7-9,11-14,23,27H,2,6,10H2,1H3. The van der Waals surface area contributed by atoms with Crippen LogP contribution in [0, 0.1) is 0 Å². The molecule has 1 heterocycles. The van der Waals surface area contributed by atoms with Crippen LogP contribution in [0.4, 0.5) is 8.78 Å². The number of esters is 1. The summed E-state index contributed by atoms with van der Waals surface area (Å²) < 4.78 is 32.5. The van der Waals surface area contributed by atoms with E-state index in [0.717, 1.165) is 0 Å². The second-order valence-electron chi connectivity index (χ2n) is 6.49. The predicted octanol–water partition coefficient (Wildman–Crippen LogP) is 5.55. The fourth-order valence-corrected chi connectivity index (χ4v) is 3.23. The highest BCUT2D eigenvalue weighted by atomic mass is 19.3. The van der Waals surface area contributed by atoms with E-state index in [4.69, 9.17) is 4.74 Å². The number of aromatic nitrogens is 1. The summed E-state index contributed by atoms with van der Waals surface area (Å²) in [6, 6.07) is 13.0. The maximum absolute atomic E-state index is 13.8. The van der Waals surface area contributed by atoms with Crippen molar-refractivity contribution in [1.29, 1.82) is 0 Å². The molecule has 1 aromatic heterocycles. The van der Waals surface area contributed by atoms with Gasteiger partial charge in [-0.1, -0.05) is 24.3 Å². The summed E-state index contributed by atoms with van der Waals surface area (Å²) in [6.45, 7) is 2.02. The number of hydrogen-bond acceptors (Lipinski definition) is 4. The third kappa shape index (κ3) is 4.96. The molecule has 0 saturated carbocycles. The van der Waals surface area contributed by atoms with Crippen LogP contribution in [0.15, 0.2) is 60.9 Å². The van der Waals surface area contributed by atoms with Gasteiger partial charge >= 0.3 is 5.97 Å². The van der Waals surface area contributed by atoms with E-state index in [2.05, 4.69) is 4.98 Å². The Labute approximate surface area is 167 Å². The molecular formula is C23H21F2NO3. The van der Waals surface area contributed by atoms with Crippen molar-refractivity contribution in [3.8, 4) is 28.0 Å². The van der Waals surface area contributed by atoms with Gasteiger partial charge in [0.25, 0.3) is 6.43 Å². The minimum atomic E-state index is -2.66. The van der Waals surface area contributed by atoms with Gasteiger partial charge in [0.1, 0.15) is 5.75 Å². The van der Waals surface area contributed by atoms with Gasteiger partial charge in [-0.2, -0.15) is 0 Å². The Bertz CT molecular complexity index is 991. The van der Waals surface area contributed by atoms with Crippen LogP contribution in [0.25, 0.3) is 22.3 Å². The number of aromatic hydroxyl groups is 1. The van der Waals surface area contributed by atoms with Gasteiger partial charge < -0.3 is 9.84 Å². The molecule has 0 fully saturated rings. The first kappa shape index (κ1) is 20.5. The van der Waals surface area contributed by atoms with Crippen molar-refractivity contribution in [3.63, 3.8) is 0 Å². The monoisotopic (exact) mass is 397 g/mol. The van der Waals surface area contributed by atoms with E-state index in [-0.39, 0.29) is 23.7 Å². The lowest BCUT2D eigenvalue weighted by molar-refractivity contribution is -0.143. The molecule has 0 saturated heterocycles. The average molecular weight is 397 g/mol. The summed E-state index contributed by atoms with van der Waals surface area (Å²) in [6.07, 6.45) is 0.944. The van der Waals surface area contributed by atoms with E-state index in [1.165, 1.54) is 12.1 Å². The number of nitrogens with zero attached hydrogens (tertiary/aromatic N) is 1. The van der Waals surface area contributed by atoms with Crippen molar-refractivity contribution >= 4 is 5.97 Å². The minimum Gasteiger partial charge on any atom is -0.508 e. The molecule has 3 rings (SSSR count). The smallest absolute Gasteiger partial charge is 0.306 e. The highest BCUT2D eigenvalue weighted by Gasteiger charge is 2.17. The van der Waals surface area contributed by atoms with Crippen LogP contribution in [0.1, 0.15) is 30.9 Å². The van der Waals surface area contributed by atoms with Crippen molar-refractivity contribution in [3.05, 3.63) is 72.1 Å². The molecule has 0 bridgehead atoms. The van der Waals surface area contributed by atoms with E-state index in [1.54, 1.807) is 55.7 Å². The van der Waals surface area contributed by atoms with Gasteiger partial charge in [-0.25, -0.2) is 8.78 Å². The number of phenolic OH excluding ortho intramolecular Hbond substituents is 1. The molecule has 3 aromatic rings. The Morgan fingerprint density at radius 3 is 2.59 bits per heavy atom. The Kier molecular flexibility index (Phi) is 6.54. The molecule has 0 aliphatic rings. The fraction of sp³-hybridized carbons (Fsp3) is 0.217. The van der Waals surface area contributed by atoms with Crippen LogP contribution in [0.5, 0.6) is 5.75 Å². The second kappa shape index (κ2) is 9.28. The van der Waals surface area contributed by atoms with Gasteiger partial charge in [-0.3, -0.25) is 9.78 Å². The normalized spacial score (nSPS) is 10.9. The zero-order chi connectivity index (χ0) is 20.8. The van der Waals surface area contributed by atoms with E-state index >= 15 is 0 Å². The van der Waals surface area contributed by atoms with Crippen LogP contribution in [0.2, 0.25) is 0 Å². The van der Waals surface area contributed by atoms with Crippen LogP contribution < -0.4 is 0 Å². The highest BCUT2D eigenvalue weighted by molar-refractivity contribution is 5.76. The lowest BCUT2D eigenvalue weighted by atomic mass is 9.92. The third-order valence-corrected chi connectivity index (χ3v) is 4.56. The SMILES string of the molecule is CCOC(=O)CCc1cc(O)ccc1-c1ccc(-c2cccnc2)c(C(F)F)c1. The van der Waals surface area contributed by atoms with Crippen molar-refractivity contribution in [2.75, 3.05) is 6.61 Å². The molecule has 0 atom stereocenters. The zero-order valence-electron chi connectivity index (χ0n) is 15.9. The van der Waals surface area contributed by atoms with Crippen molar-refractivity contribution < 1.29 is 23.4 Å². The number of alkyl halides is 2. The van der Waals surface area contributed by atoms with E-state index in [9.17, 15) is 18.7 Å². The molecule has 0 radical (unpaired) electrons. The van der Waals surface area contributed by atoms with E-state index in [0.29, 0.717) is 40.8 Å². The average Bonchev–Trinajstić information content (AvgIpc) is 2.73. The molecule has 0 aliphatic carbocycles. The Morgan fingerprint density at radius 2 is 1.90 bits per heavy atom. The van der Waals surface area contributed by atoms with Crippen molar-refractivity contribution in [2.45, 2.75) is 26.2 Å². The summed E-state index contributed by atoms with van der Waals surface area (Å²) in [4.78, 5) is 15.7. The molecule has 4 nitrogen and oxygen atoms in total. The number of rotatable bonds is 7. The first-order valence-electron chi connectivity index (χ1n) is 9.30. The van der Waals surface area contributed by atoms with Crippen LogP contribution >= 0.6 is 0 Å². The van der Waals surface area contributed by atoms with Gasteiger partial charge in [0, 0.05) is 29.9 Å². The lowest BCUT2D eigenvalue weighted by Gasteiger charge is -2.14. The molecule has 0 amide bonds. The molecule has 0 unspecified atom stereocenters. The molecule has 2 aromatic carbocycles. The van der Waals surface area contributed by atoms with Crippen LogP contribution in [-0.4, -0.2) is 22.7 Å². The number of hydrogen-bond donors (Lipinski definition) is 1. The van der Waals surface area contributed by atoms with E-state index in [1.807, 2.05) is 0 Å². The third-order valence-electron chi connectivity index (χ3n) is 4.56. The van der Waals surface area contributed by atoms with Crippen molar-refractivity contribution in [1.82, 2.24) is 4.98 Å². The van der Waals surface area contributed by atoms with Crippen molar-refractivity contribution in [2.24, 2.45) is 0 Å². The molecule has 6 heteroatoms. The number of pyridine rings is 1. The van der Waals surface area contributed by atoms with Gasteiger partial charge in [-0.15, -0.1) is 0 Å². The molecule has 1 N–H and O–H groups in total. The number of ether oxygens (including phenoxy) is 1. The highest BCUT2D eigenvalue weighted by Crippen LogP contribution is 2.36. The number of halogens is 2. The number of carbonyl (C=O) groups is 1. The summed E-state index contributed by atoms with van der Waals surface area (Å²) in [5, 5.41) is 9.85. The van der Waals surface area contributed by atoms with Gasteiger partial charge in [0.15, 0.2) is 0 Å². The maximum atomic E-state index is 13.8. The maximum Gasteiger partial charge on any atom is 0.306 e. The largest absolute Gasteiger partial charge is 0.508 e. The van der Waals surface area contributed by atoms with Crippen LogP contribution in [0.3, 0.4) is 0 Å². The second-order valence-corrected chi connectivity index (χ2v) is 6.49. The Hall–Kier alpha value is -3.28. The summed E-state index contributed by atoms with van der Waals surface area (Å²) in [5.41, 5.74) is 2.90. The number of aryl methyl sites for hydroxylation is 1.